The molecule has 2 rings (SSSR count). The van der Waals surface area contributed by atoms with E-state index in [0.717, 1.165) is 0 Å². The molecule has 1 aromatic heterocycles. The van der Waals surface area contributed by atoms with Crippen molar-refractivity contribution in [3.8, 4) is 0 Å². The average Bonchev–Trinajstić information content (AvgIpc) is 2.68. The third-order valence-corrected chi connectivity index (χ3v) is 2.65. The summed E-state index contributed by atoms with van der Waals surface area (Å²) in [5.41, 5.74) is 0.670. The number of aromatic nitrogens is 1. The number of carboxylic acid groups (broad SMARTS) is 1. The fourth-order valence-electron chi connectivity index (χ4n) is 1.89. The van der Waals surface area contributed by atoms with Crippen LogP contribution in [0.25, 0.3) is 0 Å². The monoisotopic (exact) mass is 264 g/mol. The standard InChI is InChI=1S/C13H16N2O4/c1-13(2,3)19-12(18)15-7-6-8-10(15)5-4-9(14-8)11(16)17/h4-5H,6-7H2,1-3H3,(H,16,17). The number of rotatable bonds is 1. The van der Waals surface area contributed by atoms with Crippen molar-refractivity contribution in [1.82, 2.24) is 4.98 Å². The molecule has 6 nitrogen and oxygen atoms in total. The van der Waals surface area contributed by atoms with E-state index in [2.05, 4.69) is 4.98 Å². The normalized spacial score (nSPS) is 14.2. The molecular weight excluding hydrogens is 248 g/mol. The maximum atomic E-state index is 12.0. The first-order valence-electron chi connectivity index (χ1n) is 6.01. The molecule has 1 aliphatic rings. The second-order valence-electron chi connectivity index (χ2n) is 5.35. The third kappa shape index (κ3) is 2.83. The van der Waals surface area contributed by atoms with E-state index in [1.807, 2.05) is 0 Å². The van der Waals surface area contributed by atoms with Crippen LogP contribution >= 0.6 is 0 Å². The Morgan fingerprint density at radius 3 is 2.63 bits per heavy atom. The predicted octanol–water partition coefficient (Wildman–Crippen LogP) is 2.08. The molecule has 0 aliphatic carbocycles. The largest absolute Gasteiger partial charge is 0.477 e. The number of fused-ring (bicyclic) bond motifs is 1. The first-order chi connectivity index (χ1) is 8.78. The molecule has 0 saturated heterocycles. The number of hydrogen-bond donors (Lipinski definition) is 1. The van der Waals surface area contributed by atoms with Crippen molar-refractivity contribution in [2.45, 2.75) is 32.8 Å². The third-order valence-electron chi connectivity index (χ3n) is 2.65. The average molecular weight is 264 g/mol. The Kier molecular flexibility index (Phi) is 3.18. The molecule has 0 radical (unpaired) electrons. The molecule has 1 aliphatic heterocycles. The van der Waals surface area contributed by atoms with Gasteiger partial charge in [0.1, 0.15) is 11.3 Å². The topological polar surface area (TPSA) is 79.7 Å². The molecule has 0 saturated carbocycles. The van der Waals surface area contributed by atoms with Crippen molar-refractivity contribution in [1.29, 1.82) is 0 Å². The second kappa shape index (κ2) is 4.53. The number of carbonyl (C=O) groups excluding carboxylic acids is 1. The molecule has 102 valence electrons. The summed E-state index contributed by atoms with van der Waals surface area (Å²) in [6, 6.07) is 2.99. The lowest BCUT2D eigenvalue weighted by Crippen LogP contribution is -2.35. The van der Waals surface area contributed by atoms with E-state index in [9.17, 15) is 9.59 Å². The molecule has 0 bridgehead atoms. The Morgan fingerprint density at radius 1 is 1.37 bits per heavy atom. The van der Waals surface area contributed by atoms with Gasteiger partial charge < -0.3 is 9.84 Å². The summed E-state index contributed by atoms with van der Waals surface area (Å²) < 4.78 is 5.30. The minimum Gasteiger partial charge on any atom is -0.477 e. The van der Waals surface area contributed by atoms with Gasteiger partial charge in [-0.25, -0.2) is 14.6 Å². The van der Waals surface area contributed by atoms with Crippen molar-refractivity contribution in [3.63, 3.8) is 0 Å². The van der Waals surface area contributed by atoms with Crippen LogP contribution in [0, 0.1) is 0 Å². The minimum atomic E-state index is -1.07. The Morgan fingerprint density at radius 2 is 2.05 bits per heavy atom. The van der Waals surface area contributed by atoms with Crippen LogP contribution in [0.5, 0.6) is 0 Å². The lowest BCUT2D eigenvalue weighted by molar-refractivity contribution is 0.0583. The summed E-state index contributed by atoms with van der Waals surface area (Å²) in [4.78, 5) is 28.4. The molecule has 0 spiro atoms. The quantitative estimate of drug-likeness (QED) is 0.840. The van der Waals surface area contributed by atoms with Crippen LogP contribution in [0.4, 0.5) is 10.5 Å². The fraction of sp³-hybridized carbons (Fsp3) is 0.462. The highest BCUT2D eigenvalue weighted by Crippen LogP contribution is 2.28. The highest BCUT2D eigenvalue weighted by molar-refractivity contribution is 5.91. The van der Waals surface area contributed by atoms with Gasteiger partial charge in [0.25, 0.3) is 0 Å². The van der Waals surface area contributed by atoms with E-state index >= 15 is 0 Å². The number of ether oxygens (including phenoxy) is 1. The molecule has 0 aromatic carbocycles. The lowest BCUT2D eigenvalue weighted by Gasteiger charge is -2.24. The Balaban J connectivity index is 2.23. The van der Waals surface area contributed by atoms with Gasteiger partial charge in [0.2, 0.25) is 0 Å². The van der Waals surface area contributed by atoms with Crippen molar-refractivity contribution >= 4 is 17.7 Å². The molecule has 0 unspecified atom stereocenters. The van der Waals surface area contributed by atoms with Gasteiger partial charge in [-0.3, -0.25) is 4.90 Å². The zero-order valence-corrected chi connectivity index (χ0v) is 11.1. The molecule has 1 aromatic rings. The maximum absolute atomic E-state index is 12.0. The molecule has 19 heavy (non-hydrogen) atoms. The summed E-state index contributed by atoms with van der Waals surface area (Å²) in [6.07, 6.45) is 0.103. The Hall–Kier alpha value is -2.11. The van der Waals surface area contributed by atoms with Crippen molar-refractivity contribution in [3.05, 3.63) is 23.5 Å². The molecule has 2 heterocycles. The zero-order chi connectivity index (χ0) is 14.2. The van der Waals surface area contributed by atoms with Gasteiger partial charge >= 0.3 is 12.1 Å². The van der Waals surface area contributed by atoms with Crippen LogP contribution in [0.1, 0.15) is 37.0 Å². The van der Waals surface area contributed by atoms with E-state index in [4.69, 9.17) is 9.84 Å². The van der Waals surface area contributed by atoms with Gasteiger partial charge in [0.15, 0.2) is 0 Å². The molecule has 0 fully saturated rings. The van der Waals surface area contributed by atoms with E-state index in [1.54, 1.807) is 26.8 Å². The Labute approximate surface area is 111 Å². The summed E-state index contributed by atoms with van der Waals surface area (Å²) in [7, 11) is 0. The van der Waals surface area contributed by atoms with Gasteiger partial charge in [-0.1, -0.05) is 0 Å². The second-order valence-corrected chi connectivity index (χ2v) is 5.35. The van der Waals surface area contributed by atoms with Crippen LogP contribution in [0.3, 0.4) is 0 Å². The van der Waals surface area contributed by atoms with Crippen molar-refractivity contribution in [2.75, 3.05) is 11.4 Å². The number of hydrogen-bond acceptors (Lipinski definition) is 4. The number of amides is 1. The number of pyridine rings is 1. The van der Waals surface area contributed by atoms with Crippen LogP contribution in [0.2, 0.25) is 0 Å². The van der Waals surface area contributed by atoms with E-state index in [-0.39, 0.29) is 5.69 Å². The fourth-order valence-corrected chi connectivity index (χ4v) is 1.89. The smallest absolute Gasteiger partial charge is 0.414 e. The van der Waals surface area contributed by atoms with Crippen LogP contribution in [0.15, 0.2) is 12.1 Å². The SMILES string of the molecule is CC(C)(C)OC(=O)N1CCc2nc(C(=O)O)ccc21. The minimum absolute atomic E-state index is 0.00945. The van der Waals surface area contributed by atoms with E-state index in [0.29, 0.717) is 24.3 Å². The number of aromatic carboxylic acids is 1. The highest BCUT2D eigenvalue weighted by atomic mass is 16.6. The van der Waals surface area contributed by atoms with Gasteiger partial charge in [0, 0.05) is 13.0 Å². The first kappa shape index (κ1) is 13.3. The number of anilines is 1. The van der Waals surface area contributed by atoms with E-state index in [1.165, 1.54) is 11.0 Å². The van der Waals surface area contributed by atoms with Crippen molar-refractivity contribution < 1.29 is 19.4 Å². The summed E-state index contributed by atoms with van der Waals surface area (Å²) in [5.74, 6) is -1.07. The lowest BCUT2D eigenvalue weighted by atomic mass is 10.2. The van der Waals surface area contributed by atoms with Gasteiger partial charge in [-0.05, 0) is 32.9 Å². The number of carboxylic acids is 1. The Bertz CT molecular complexity index is 534. The van der Waals surface area contributed by atoms with Crippen LogP contribution in [-0.2, 0) is 11.2 Å². The molecule has 6 heteroatoms. The highest BCUT2D eigenvalue weighted by Gasteiger charge is 2.30. The van der Waals surface area contributed by atoms with Gasteiger partial charge in [-0.2, -0.15) is 0 Å². The molecule has 0 atom stereocenters. The molecule has 1 N–H and O–H groups in total. The predicted molar refractivity (Wildman–Crippen MR) is 68.5 cm³/mol. The zero-order valence-electron chi connectivity index (χ0n) is 11.1. The van der Waals surface area contributed by atoms with E-state index < -0.39 is 17.7 Å². The summed E-state index contributed by atoms with van der Waals surface area (Å²) in [6.45, 7) is 5.86. The molecular formula is C13H16N2O4. The van der Waals surface area contributed by atoms with Gasteiger partial charge in [0.05, 0.1) is 11.4 Å². The summed E-state index contributed by atoms with van der Waals surface area (Å²) >= 11 is 0. The molecule has 1 amide bonds. The number of nitrogens with zero attached hydrogens (tertiary/aromatic N) is 2. The number of carbonyl (C=O) groups is 2. The summed E-state index contributed by atoms with van der Waals surface area (Å²) in [5, 5.41) is 8.88. The maximum Gasteiger partial charge on any atom is 0.414 e. The van der Waals surface area contributed by atoms with Crippen molar-refractivity contribution in [2.24, 2.45) is 0 Å². The first-order valence-corrected chi connectivity index (χ1v) is 6.01. The van der Waals surface area contributed by atoms with Crippen LogP contribution in [-0.4, -0.2) is 34.3 Å². The van der Waals surface area contributed by atoms with Crippen LogP contribution < -0.4 is 4.90 Å². The van der Waals surface area contributed by atoms with Gasteiger partial charge in [-0.15, -0.1) is 0 Å².